The van der Waals surface area contributed by atoms with E-state index in [9.17, 15) is 0 Å². The number of fused-ring (bicyclic) bond motifs is 1. The molecule has 1 aromatic heterocycles. The van der Waals surface area contributed by atoms with Gasteiger partial charge in [-0.25, -0.2) is 4.98 Å². The Bertz CT molecular complexity index is 668. The molecule has 4 nitrogen and oxygen atoms in total. The molecule has 0 aliphatic carbocycles. The molecule has 114 valence electrons. The number of rotatable bonds is 3. The van der Waals surface area contributed by atoms with Crippen LogP contribution in [-0.2, 0) is 10.3 Å². The maximum Gasteiger partial charge on any atom is 0.128 e. The van der Waals surface area contributed by atoms with Crippen LogP contribution in [-0.4, -0.2) is 29.4 Å². The maximum absolute atomic E-state index is 6.39. The van der Waals surface area contributed by atoms with Crippen LogP contribution in [0.4, 0.5) is 0 Å². The summed E-state index contributed by atoms with van der Waals surface area (Å²) in [5.41, 5.74) is 1.87. The SMILES string of the molecule is COc1ccc2c(c1)nc(C(C)Cl)n2C1(C)CCOC1C. The smallest absolute Gasteiger partial charge is 0.128 e. The van der Waals surface area contributed by atoms with Crippen LogP contribution in [0.1, 0.15) is 38.4 Å². The van der Waals surface area contributed by atoms with Crippen LogP contribution in [0, 0.1) is 0 Å². The van der Waals surface area contributed by atoms with E-state index in [1.165, 1.54) is 0 Å². The van der Waals surface area contributed by atoms with Crippen molar-refractivity contribution in [1.29, 1.82) is 0 Å². The molecule has 0 bridgehead atoms. The zero-order valence-corrected chi connectivity index (χ0v) is 13.6. The molecular weight excluding hydrogens is 288 g/mol. The number of hydrogen-bond acceptors (Lipinski definition) is 3. The van der Waals surface area contributed by atoms with E-state index in [0.717, 1.165) is 35.6 Å². The molecule has 0 amide bonds. The van der Waals surface area contributed by atoms with E-state index in [1.54, 1.807) is 7.11 Å². The molecule has 3 atom stereocenters. The minimum absolute atomic E-state index is 0.123. The first kappa shape index (κ1) is 14.7. The van der Waals surface area contributed by atoms with Crippen molar-refractivity contribution in [3.8, 4) is 5.75 Å². The highest BCUT2D eigenvalue weighted by Crippen LogP contribution is 2.39. The molecule has 21 heavy (non-hydrogen) atoms. The number of hydrogen-bond donors (Lipinski definition) is 0. The number of aromatic nitrogens is 2. The van der Waals surface area contributed by atoms with Crippen LogP contribution in [0.25, 0.3) is 11.0 Å². The van der Waals surface area contributed by atoms with Gasteiger partial charge >= 0.3 is 0 Å². The molecule has 1 saturated heterocycles. The van der Waals surface area contributed by atoms with Gasteiger partial charge in [0, 0.05) is 12.7 Å². The first-order valence-corrected chi connectivity index (χ1v) is 7.73. The van der Waals surface area contributed by atoms with Gasteiger partial charge in [0.2, 0.25) is 0 Å². The summed E-state index contributed by atoms with van der Waals surface area (Å²) >= 11 is 6.39. The Hall–Kier alpha value is -1.26. The van der Waals surface area contributed by atoms with E-state index in [2.05, 4.69) is 24.5 Å². The van der Waals surface area contributed by atoms with Crippen molar-refractivity contribution in [3.05, 3.63) is 24.0 Å². The lowest BCUT2D eigenvalue weighted by Crippen LogP contribution is -2.38. The van der Waals surface area contributed by atoms with Gasteiger partial charge in [0.25, 0.3) is 0 Å². The monoisotopic (exact) mass is 308 g/mol. The largest absolute Gasteiger partial charge is 0.497 e. The van der Waals surface area contributed by atoms with Crippen LogP contribution in [0.2, 0.25) is 0 Å². The quantitative estimate of drug-likeness (QED) is 0.808. The van der Waals surface area contributed by atoms with Crippen molar-refractivity contribution in [2.24, 2.45) is 0 Å². The Balaban J connectivity index is 2.26. The summed E-state index contributed by atoms with van der Waals surface area (Å²) in [5, 5.41) is -0.159. The highest BCUT2D eigenvalue weighted by atomic mass is 35.5. The average molecular weight is 309 g/mol. The van der Waals surface area contributed by atoms with Crippen LogP contribution in [0.5, 0.6) is 5.75 Å². The molecule has 1 aliphatic rings. The summed E-state index contributed by atoms with van der Waals surface area (Å²) in [4.78, 5) is 4.74. The summed E-state index contributed by atoms with van der Waals surface area (Å²) in [6.45, 7) is 7.06. The van der Waals surface area contributed by atoms with Gasteiger partial charge in [-0.2, -0.15) is 0 Å². The third-order valence-electron chi connectivity index (χ3n) is 4.61. The van der Waals surface area contributed by atoms with Crippen LogP contribution in [0.15, 0.2) is 18.2 Å². The number of nitrogens with zero attached hydrogens (tertiary/aromatic N) is 2. The molecule has 2 heterocycles. The summed E-state index contributed by atoms with van der Waals surface area (Å²) in [6, 6.07) is 5.98. The van der Waals surface area contributed by atoms with E-state index >= 15 is 0 Å². The van der Waals surface area contributed by atoms with Crippen LogP contribution < -0.4 is 4.74 Å². The second kappa shape index (κ2) is 5.18. The molecule has 3 rings (SSSR count). The molecule has 0 radical (unpaired) electrons. The zero-order valence-electron chi connectivity index (χ0n) is 12.9. The summed E-state index contributed by atoms with van der Waals surface area (Å²) in [5.74, 6) is 1.70. The number of ether oxygens (including phenoxy) is 2. The lowest BCUT2D eigenvalue weighted by atomic mass is 9.93. The molecule has 1 aliphatic heterocycles. The minimum Gasteiger partial charge on any atom is -0.497 e. The topological polar surface area (TPSA) is 36.3 Å². The molecule has 0 spiro atoms. The van der Waals surface area contributed by atoms with Crippen molar-refractivity contribution < 1.29 is 9.47 Å². The molecule has 1 fully saturated rings. The van der Waals surface area contributed by atoms with Gasteiger partial charge in [-0.05, 0) is 39.3 Å². The van der Waals surface area contributed by atoms with E-state index in [1.807, 2.05) is 19.1 Å². The standard InChI is InChI=1S/C16H21ClN2O2/c1-10(17)15-18-13-9-12(20-4)5-6-14(13)19(15)16(3)7-8-21-11(16)2/h5-6,9-11H,7-8H2,1-4H3. The van der Waals surface area contributed by atoms with Gasteiger partial charge in [-0.1, -0.05) is 0 Å². The van der Waals surface area contributed by atoms with Gasteiger partial charge in [-0.3, -0.25) is 0 Å². The zero-order chi connectivity index (χ0) is 15.2. The number of methoxy groups -OCH3 is 1. The summed E-state index contributed by atoms with van der Waals surface area (Å²) in [6.07, 6.45) is 1.09. The molecule has 3 unspecified atom stereocenters. The Morgan fingerprint density at radius 3 is 2.86 bits per heavy atom. The van der Waals surface area contributed by atoms with E-state index < -0.39 is 0 Å². The van der Waals surface area contributed by atoms with E-state index in [-0.39, 0.29) is 17.0 Å². The normalized spacial score (nSPS) is 27.2. The number of benzene rings is 1. The Morgan fingerprint density at radius 2 is 2.29 bits per heavy atom. The average Bonchev–Trinajstić information content (AvgIpc) is 3.00. The van der Waals surface area contributed by atoms with E-state index in [0.29, 0.717) is 0 Å². The Morgan fingerprint density at radius 1 is 1.52 bits per heavy atom. The molecule has 5 heteroatoms. The lowest BCUT2D eigenvalue weighted by molar-refractivity contribution is 0.0763. The first-order chi connectivity index (χ1) is 9.97. The summed E-state index contributed by atoms with van der Waals surface area (Å²) in [7, 11) is 1.66. The van der Waals surface area contributed by atoms with Crippen molar-refractivity contribution in [2.45, 2.75) is 44.2 Å². The highest BCUT2D eigenvalue weighted by molar-refractivity contribution is 6.20. The fourth-order valence-electron chi connectivity index (χ4n) is 3.13. The van der Waals surface area contributed by atoms with E-state index in [4.69, 9.17) is 26.1 Å². The number of imidazole rings is 1. The minimum atomic E-state index is -0.159. The van der Waals surface area contributed by atoms with Crippen molar-refractivity contribution in [1.82, 2.24) is 9.55 Å². The van der Waals surface area contributed by atoms with Gasteiger partial charge in [0.1, 0.15) is 11.6 Å². The van der Waals surface area contributed by atoms with Crippen molar-refractivity contribution in [2.75, 3.05) is 13.7 Å². The fourth-order valence-corrected chi connectivity index (χ4v) is 3.27. The molecule has 0 N–H and O–H groups in total. The molecular formula is C16H21ClN2O2. The summed E-state index contributed by atoms with van der Waals surface area (Å²) < 4.78 is 13.4. The Labute approximate surface area is 130 Å². The Kier molecular flexibility index (Phi) is 3.62. The third-order valence-corrected chi connectivity index (χ3v) is 4.80. The molecule has 1 aromatic carbocycles. The fraction of sp³-hybridized carbons (Fsp3) is 0.562. The first-order valence-electron chi connectivity index (χ1n) is 7.30. The predicted molar refractivity (Wildman–Crippen MR) is 84.2 cm³/mol. The van der Waals surface area contributed by atoms with Gasteiger partial charge in [0.15, 0.2) is 0 Å². The predicted octanol–water partition coefficient (Wildman–Crippen LogP) is 3.87. The van der Waals surface area contributed by atoms with Crippen LogP contribution >= 0.6 is 11.6 Å². The number of alkyl halides is 1. The second-order valence-corrected chi connectivity index (χ2v) is 6.55. The second-order valence-electron chi connectivity index (χ2n) is 5.90. The van der Waals surface area contributed by atoms with Gasteiger partial charge in [0.05, 0.1) is 35.2 Å². The van der Waals surface area contributed by atoms with Crippen molar-refractivity contribution in [3.63, 3.8) is 0 Å². The van der Waals surface area contributed by atoms with Crippen LogP contribution in [0.3, 0.4) is 0 Å². The molecule has 2 aromatic rings. The van der Waals surface area contributed by atoms with Gasteiger partial charge in [-0.15, -0.1) is 11.6 Å². The molecule has 0 saturated carbocycles. The maximum atomic E-state index is 6.39. The van der Waals surface area contributed by atoms with Crippen molar-refractivity contribution >= 4 is 22.6 Å². The third kappa shape index (κ3) is 2.21. The number of halogens is 1. The van der Waals surface area contributed by atoms with Gasteiger partial charge < -0.3 is 14.0 Å². The lowest BCUT2D eigenvalue weighted by Gasteiger charge is -2.32. The highest BCUT2D eigenvalue weighted by Gasteiger charge is 2.41.